The molecule has 7 heteroatoms. The zero-order valence-corrected chi connectivity index (χ0v) is 7.97. The van der Waals surface area contributed by atoms with Crippen molar-refractivity contribution in [3.8, 4) is 0 Å². The van der Waals surface area contributed by atoms with Crippen LogP contribution in [0.25, 0.3) is 0 Å². The van der Waals surface area contributed by atoms with Crippen molar-refractivity contribution in [1.82, 2.24) is 4.90 Å². The molecule has 1 saturated heterocycles. The lowest BCUT2D eigenvalue weighted by molar-refractivity contribution is -0.147. The molecular formula is C6H6N2O3S2. The normalized spacial score (nSPS) is 31.9. The summed E-state index contributed by atoms with van der Waals surface area (Å²) >= 11 is 0. The SMILES string of the molecule is NC1C(=O)N2C(C(=O)O)=CSS[C@H]12. The van der Waals surface area contributed by atoms with E-state index in [2.05, 4.69) is 0 Å². The smallest absolute Gasteiger partial charge is 0.353 e. The number of carbonyl (C=O) groups is 2. The molecule has 0 aromatic heterocycles. The van der Waals surface area contributed by atoms with Crippen LogP contribution in [0.5, 0.6) is 0 Å². The van der Waals surface area contributed by atoms with E-state index in [4.69, 9.17) is 10.8 Å². The van der Waals surface area contributed by atoms with Crippen LogP contribution in [0.15, 0.2) is 11.1 Å². The highest BCUT2D eigenvalue weighted by Crippen LogP contribution is 2.44. The van der Waals surface area contributed by atoms with Gasteiger partial charge in [0.15, 0.2) is 0 Å². The average Bonchev–Trinajstić information content (AvgIpc) is 2.15. The van der Waals surface area contributed by atoms with Crippen LogP contribution in [0.4, 0.5) is 0 Å². The summed E-state index contributed by atoms with van der Waals surface area (Å²) in [6.45, 7) is 0. The van der Waals surface area contributed by atoms with Crippen LogP contribution >= 0.6 is 21.6 Å². The second-order valence-corrected chi connectivity index (χ2v) is 4.88. The van der Waals surface area contributed by atoms with E-state index in [0.29, 0.717) is 0 Å². The van der Waals surface area contributed by atoms with Crippen molar-refractivity contribution in [3.63, 3.8) is 0 Å². The van der Waals surface area contributed by atoms with Crippen molar-refractivity contribution in [2.75, 3.05) is 0 Å². The minimum absolute atomic E-state index is 0.0282. The molecule has 0 radical (unpaired) electrons. The lowest BCUT2D eigenvalue weighted by Crippen LogP contribution is -2.67. The maximum atomic E-state index is 11.2. The number of carboxylic acids is 1. The van der Waals surface area contributed by atoms with Crippen LogP contribution in [-0.2, 0) is 9.59 Å². The van der Waals surface area contributed by atoms with Crippen LogP contribution in [0, 0.1) is 0 Å². The van der Waals surface area contributed by atoms with Gasteiger partial charge in [-0.25, -0.2) is 4.79 Å². The van der Waals surface area contributed by atoms with Crippen LogP contribution < -0.4 is 5.73 Å². The highest BCUT2D eigenvalue weighted by atomic mass is 33.1. The number of hydrogen-bond acceptors (Lipinski definition) is 5. The lowest BCUT2D eigenvalue weighted by atomic mass is 10.1. The molecule has 0 aliphatic carbocycles. The number of nitrogens with zero attached hydrogens (tertiary/aromatic N) is 1. The Kier molecular flexibility index (Phi) is 2.01. The Morgan fingerprint density at radius 3 is 3.00 bits per heavy atom. The molecule has 1 amide bonds. The third-order valence-corrected chi connectivity index (χ3v) is 4.22. The molecule has 5 nitrogen and oxygen atoms in total. The van der Waals surface area contributed by atoms with Gasteiger partial charge in [0.25, 0.3) is 0 Å². The number of β-lactam (4-membered cyclic amide) rings is 1. The number of hydrogen-bond donors (Lipinski definition) is 2. The van der Waals surface area contributed by atoms with E-state index in [1.165, 1.54) is 31.9 Å². The lowest BCUT2D eigenvalue weighted by Gasteiger charge is -2.45. The molecule has 2 atom stereocenters. The molecule has 2 aliphatic heterocycles. The summed E-state index contributed by atoms with van der Waals surface area (Å²) < 4.78 is 0. The van der Waals surface area contributed by atoms with Crippen molar-refractivity contribution in [2.24, 2.45) is 5.73 Å². The first-order valence-corrected chi connectivity index (χ1v) is 5.75. The number of fused-ring (bicyclic) bond motifs is 1. The van der Waals surface area contributed by atoms with E-state index >= 15 is 0 Å². The predicted octanol–water partition coefficient (Wildman–Crippen LogP) is -0.197. The summed E-state index contributed by atoms with van der Waals surface area (Å²) in [5.74, 6) is -1.40. The topological polar surface area (TPSA) is 83.6 Å². The molecule has 0 aromatic rings. The van der Waals surface area contributed by atoms with Gasteiger partial charge in [0.05, 0.1) is 0 Å². The first kappa shape index (κ1) is 8.92. The quantitative estimate of drug-likeness (QED) is 0.468. The Balaban J connectivity index is 2.27. The fourth-order valence-electron chi connectivity index (χ4n) is 1.19. The van der Waals surface area contributed by atoms with Gasteiger partial charge < -0.3 is 10.8 Å². The number of nitrogens with two attached hydrogens (primary N) is 1. The maximum absolute atomic E-state index is 11.2. The third kappa shape index (κ3) is 1.15. The summed E-state index contributed by atoms with van der Waals surface area (Å²) in [6.07, 6.45) is 0. The molecule has 70 valence electrons. The zero-order chi connectivity index (χ0) is 9.59. The van der Waals surface area contributed by atoms with E-state index in [9.17, 15) is 9.59 Å². The van der Waals surface area contributed by atoms with Gasteiger partial charge >= 0.3 is 5.97 Å². The van der Waals surface area contributed by atoms with Crippen LogP contribution in [0.3, 0.4) is 0 Å². The second-order valence-electron chi connectivity index (χ2n) is 2.63. The van der Waals surface area contributed by atoms with Crippen molar-refractivity contribution >= 4 is 33.5 Å². The van der Waals surface area contributed by atoms with Crippen molar-refractivity contribution in [1.29, 1.82) is 0 Å². The minimum atomic E-state index is -1.09. The molecule has 1 fully saturated rings. The number of amides is 1. The Labute approximate surface area is 81.7 Å². The highest BCUT2D eigenvalue weighted by Gasteiger charge is 2.50. The van der Waals surface area contributed by atoms with Gasteiger partial charge in [-0.2, -0.15) is 0 Å². The zero-order valence-electron chi connectivity index (χ0n) is 6.34. The monoisotopic (exact) mass is 218 g/mol. The Morgan fingerprint density at radius 1 is 1.69 bits per heavy atom. The summed E-state index contributed by atoms with van der Waals surface area (Å²) in [5, 5.41) is 9.98. The minimum Gasteiger partial charge on any atom is -0.477 e. The number of rotatable bonds is 1. The molecule has 0 aromatic carbocycles. The van der Waals surface area contributed by atoms with Gasteiger partial charge in [0, 0.05) is 5.41 Å². The third-order valence-electron chi connectivity index (χ3n) is 1.88. The molecule has 0 saturated carbocycles. The van der Waals surface area contributed by atoms with Gasteiger partial charge in [0.2, 0.25) is 5.91 Å². The summed E-state index contributed by atoms with van der Waals surface area (Å²) in [4.78, 5) is 23.1. The second kappa shape index (κ2) is 2.93. The Hall–Kier alpha value is -0.660. The molecule has 2 rings (SSSR count). The Bertz CT molecular complexity index is 317. The predicted molar refractivity (Wildman–Crippen MR) is 49.5 cm³/mol. The molecule has 2 aliphatic rings. The van der Waals surface area contributed by atoms with Crippen LogP contribution in [0.2, 0.25) is 0 Å². The molecule has 13 heavy (non-hydrogen) atoms. The van der Waals surface area contributed by atoms with E-state index in [1.807, 2.05) is 0 Å². The molecule has 0 bridgehead atoms. The van der Waals surface area contributed by atoms with Crippen LogP contribution in [-0.4, -0.2) is 33.3 Å². The van der Waals surface area contributed by atoms with Crippen molar-refractivity contribution < 1.29 is 14.7 Å². The molecule has 1 unspecified atom stereocenters. The first-order valence-electron chi connectivity index (χ1n) is 3.47. The standard InChI is InChI=1S/C6H6N2O3S2/c7-3-4(9)8-2(6(10)11)1-12-13-5(3)8/h1,3,5H,7H2,(H,10,11)/t3?,5-/m1/s1. The summed E-state index contributed by atoms with van der Waals surface area (Å²) in [5.41, 5.74) is 5.52. The molecule has 0 spiro atoms. The summed E-state index contributed by atoms with van der Waals surface area (Å²) in [7, 11) is 2.70. The van der Waals surface area contributed by atoms with Gasteiger partial charge in [-0.3, -0.25) is 9.69 Å². The molecular weight excluding hydrogens is 212 g/mol. The van der Waals surface area contributed by atoms with E-state index in [1.54, 1.807) is 0 Å². The van der Waals surface area contributed by atoms with Gasteiger partial charge in [-0.05, 0) is 0 Å². The number of aliphatic carboxylic acids is 1. The average molecular weight is 218 g/mol. The highest BCUT2D eigenvalue weighted by molar-refractivity contribution is 8.78. The van der Waals surface area contributed by atoms with Crippen LogP contribution in [0.1, 0.15) is 0 Å². The van der Waals surface area contributed by atoms with Gasteiger partial charge in [-0.15, -0.1) is 0 Å². The Morgan fingerprint density at radius 2 is 2.38 bits per heavy atom. The van der Waals surface area contributed by atoms with E-state index in [0.717, 1.165) is 0 Å². The number of carboxylic acid groups (broad SMARTS) is 1. The summed E-state index contributed by atoms with van der Waals surface area (Å²) in [6, 6.07) is -0.555. The fraction of sp³-hybridized carbons (Fsp3) is 0.333. The van der Waals surface area contributed by atoms with Crippen molar-refractivity contribution in [3.05, 3.63) is 11.1 Å². The first-order chi connectivity index (χ1) is 6.13. The largest absolute Gasteiger partial charge is 0.477 e. The van der Waals surface area contributed by atoms with Gasteiger partial charge in [-0.1, -0.05) is 21.6 Å². The van der Waals surface area contributed by atoms with E-state index in [-0.39, 0.29) is 17.0 Å². The van der Waals surface area contributed by atoms with Crippen molar-refractivity contribution in [2.45, 2.75) is 11.4 Å². The fourth-order valence-corrected chi connectivity index (χ4v) is 3.60. The molecule has 3 N–H and O–H groups in total. The van der Waals surface area contributed by atoms with E-state index < -0.39 is 12.0 Å². The molecule has 2 heterocycles. The number of carbonyl (C=O) groups excluding carboxylic acids is 1. The maximum Gasteiger partial charge on any atom is 0.353 e. The van der Waals surface area contributed by atoms with Gasteiger partial charge in [0.1, 0.15) is 17.1 Å².